The van der Waals surface area contributed by atoms with Crippen LogP contribution in [0.4, 0.5) is 22.0 Å². The van der Waals surface area contributed by atoms with E-state index in [1.165, 1.54) is 19.1 Å². The molecule has 0 aliphatic rings. The molecule has 1 aromatic carbocycles. The van der Waals surface area contributed by atoms with Gasteiger partial charge in [-0.1, -0.05) is 24.3 Å². The van der Waals surface area contributed by atoms with E-state index >= 15 is 0 Å². The zero-order valence-electron chi connectivity index (χ0n) is 8.35. The minimum absolute atomic E-state index is 0.204. The summed E-state index contributed by atoms with van der Waals surface area (Å²) in [7, 11) is 0. The number of hydrogen-bond donors (Lipinski definition) is 1. The lowest BCUT2D eigenvalue weighted by Gasteiger charge is -2.23. The van der Waals surface area contributed by atoms with Gasteiger partial charge in [0, 0.05) is 11.6 Å². The molecule has 0 heterocycles. The first-order valence-electron chi connectivity index (χ1n) is 4.47. The lowest BCUT2D eigenvalue weighted by Crippen LogP contribution is -2.35. The molecule has 90 valence electrons. The van der Waals surface area contributed by atoms with Gasteiger partial charge in [0.15, 0.2) is 0 Å². The predicted molar refractivity (Wildman–Crippen MR) is 49.0 cm³/mol. The van der Waals surface area contributed by atoms with Crippen molar-refractivity contribution in [2.24, 2.45) is 5.73 Å². The molecule has 1 rings (SSSR count). The molecular weight excluding hydrogens is 229 g/mol. The van der Waals surface area contributed by atoms with Crippen molar-refractivity contribution in [3.8, 4) is 0 Å². The zero-order chi connectivity index (χ0) is 12.6. The Balaban J connectivity index is 3.33. The lowest BCUT2D eigenvalue weighted by atomic mass is 9.97. The number of alkyl halides is 5. The minimum Gasteiger partial charge on any atom is -0.324 e. The molecule has 0 amide bonds. The number of rotatable bonds is 2. The third-order valence-corrected chi connectivity index (χ3v) is 2.15. The molecule has 1 aromatic rings. The molecule has 0 fully saturated rings. The van der Waals surface area contributed by atoms with E-state index in [0.29, 0.717) is 0 Å². The molecule has 0 spiro atoms. The van der Waals surface area contributed by atoms with Crippen LogP contribution in [0.25, 0.3) is 0 Å². The predicted octanol–water partition coefficient (Wildman–Crippen LogP) is 3.36. The van der Waals surface area contributed by atoms with Crippen molar-refractivity contribution in [3.05, 3.63) is 35.4 Å². The van der Waals surface area contributed by atoms with Crippen LogP contribution in [0.3, 0.4) is 0 Å². The van der Waals surface area contributed by atoms with Gasteiger partial charge in [-0.2, -0.15) is 22.0 Å². The summed E-state index contributed by atoms with van der Waals surface area (Å²) in [5.41, 5.74) is 4.06. The van der Waals surface area contributed by atoms with E-state index in [-0.39, 0.29) is 5.56 Å². The van der Waals surface area contributed by atoms with E-state index in [1.807, 2.05) is 0 Å². The number of nitrogens with two attached hydrogens (primary N) is 1. The molecule has 16 heavy (non-hydrogen) atoms. The Labute approximate surface area is 89.1 Å². The molecule has 0 aromatic heterocycles. The van der Waals surface area contributed by atoms with Gasteiger partial charge in [-0.15, -0.1) is 0 Å². The molecular formula is C10H10F5N. The first-order chi connectivity index (χ1) is 7.18. The summed E-state index contributed by atoms with van der Waals surface area (Å²) in [4.78, 5) is 0. The summed E-state index contributed by atoms with van der Waals surface area (Å²) >= 11 is 0. The molecule has 0 bridgehead atoms. The van der Waals surface area contributed by atoms with Gasteiger partial charge in [-0.25, -0.2) is 0 Å². The molecule has 0 saturated carbocycles. The Hall–Kier alpha value is -1.17. The van der Waals surface area contributed by atoms with E-state index in [9.17, 15) is 22.0 Å². The van der Waals surface area contributed by atoms with Crippen LogP contribution in [0.2, 0.25) is 0 Å². The Morgan fingerprint density at radius 3 is 2.00 bits per heavy atom. The molecule has 1 unspecified atom stereocenters. The normalized spacial score (nSPS) is 14.9. The van der Waals surface area contributed by atoms with Crippen molar-refractivity contribution < 1.29 is 22.0 Å². The highest BCUT2D eigenvalue weighted by Crippen LogP contribution is 2.45. The standard InChI is InChI=1S/C10H10F5N/c1-6(16)7-4-2-3-5-8(7)9(11,12)10(13,14)15/h2-6H,16H2,1H3. The van der Waals surface area contributed by atoms with Crippen LogP contribution < -0.4 is 5.73 Å². The zero-order valence-corrected chi connectivity index (χ0v) is 8.35. The van der Waals surface area contributed by atoms with Gasteiger partial charge in [0.25, 0.3) is 0 Å². The Morgan fingerprint density at radius 1 is 1.06 bits per heavy atom. The average Bonchev–Trinajstić information content (AvgIpc) is 2.16. The third kappa shape index (κ3) is 2.16. The summed E-state index contributed by atoms with van der Waals surface area (Å²) in [6, 6.07) is 3.52. The quantitative estimate of drug-likeness (QED) is 0.787. The molecule has 1 atom stereocenters. The van der Waals surface area contributed by atoms with Gasteiger partial charge in [0.2, 0.25) is 0 Å². The van der Waals surface area contributed by atoms with Gasteiger partial charge in [-0.3, -0.25) is 0 Å². The van der Waals surface area contributed by atoms with Gasteiger partial charge in [0.1, 0.15) is 0 Å². The van der Waals surface area contributed by atoms with E-state index in [2.05, 4.69) is 0 Å². The monoisotopic (exact) mass is 239 g/mol. The molecule has 0 aliphatic heterocycles. The van der Waals surface area contributed by atoms with Crippen molar-refractivity contribution in [3.63, 3.8) is 0 Å². The molecule has 0 aliphatic carbocycles. The fourth-order valence-electron chi connectivity index (χ4n) is 1.33. The largest absolute Gasteiger partial charge is 0.458 e. The van der Waals surface area contributed by atoms with Crippen molar-refractivity contribution in [2.45, 2.75) is 25.1 Å². The fraction of sp³-hybridized carbons (Fsp3) is 0.400. The first kappa shape index (κ1) is 12.9. The fourth-order valence-corrected chi connectivity index (χ4v) is 1.33. The summed E-state index contributed by atoms with van der Waals surface area (Å²) in [5, 5.41) is 0. The third-order valence-electron chi connectivity index (χ3n) is 2.15. The van der Waals surface area contributed by atoms with Crippen molar-refractivity contribution in [1.29, 1.82) is 0 Å². The Kier molecular flexibility index (Phi) is 3.23. The Bertz CT molecular complexity index is 370. The van der Waals surface area contributed by atoms with Gasteiger partial charge in [0.05, 0.1) is 0 Å². The van der Waals surface area contributed by atoms with Crippen LogP contribution in [0.1, 0.15) is 24.1 Å². The SMILES string of the molecule is CC(N)c1ccccc1C(F)(F)C(F)(F)F. The maximum Gasteiger partial charge on any atom is 0.458 e. The van der Waals surface area contributed by atoms with Crippen molar-refractivity contribution in [2.75, 3.05) is 0 Å². The number of halogens is 5. The molecule has 1 nitrogen and oxygen atoms in total. The first-order valence-corrected chi connectivity index (χ1v) is 4.47. The van der Waals surface area contributed by atoms with Crippen molar-refractivity contribution in [1.82, 2.24) is 0 Å². The lowest BCUT2D eigenvalue weighted by molar-refractivity contribution is -0.289. The molecule has 0 radical (unpaired) electrons. The smallest absolute Gasteiger partial charge is 0.324 e. The maximum atomic E-state index is 13.1. The van der Waals surface area contributed by atoms with Gasteiger partial charge in [-0.05, 0) is 12.5 Å². The summed E-state index contributed by atoms with van der Waals surface area (Å²) in [6.45, 7) is 1.35. The highest BCUT2D eigenvalue weighted by Gasteiger charge is 2.59. The summed E-state index contributed by atoms with van der Waals surface area (Å²) < 4.78 is 62.7. The second-order valence-electron chi connectivity index (χ2n) is 3.45. The van der Waals surface area contributed by atoms with Gasteiger partial charge >= 0.3 is 12.1 Å². The highest BCUT2D eigenvalue weighted by molar-refractivity contribution is 5.34. The Morgan fingerprint density at radius 2 is 1.56 bits per heavy atom. The summed E-state index contributed by atoms with van der Waals surface area (Å²) in [6.07, 6.45) is -5.61. The number of hydrogen-bond acceptors (Lipinski definition) is 1. The van der Waals surface area contributed by atoms with Crippen LogP contribution in [0, 0.1) is 0 Å². The van der Waals surface area contributed by atoms with Gasteiger partial charge < -0.3 is 5.73 Å². The highest BCUT2D eigenvalue weighted by atomic mass is 19.4. The second-order valence-corrected chi connectivity index (χ2v) is 3.45. The molecule has 6 heteroatoms. The van der Waals surface area contributed by atoms with E-state index in [1.54, 1.807) is 0 Å². The second kappa shape index (κ2) is 4.01. The van der Waals surface area contributed by atoms with Crippen LogP contribution in [-0.2, 0) is 5.92 Å². The van der Waals surface area contributed by atoms with Crippen LogP contribution in [0.15, 0.2) is 24.3 Å². The molecule has 0 saturated heterocycles. The average molecular weight is 239 g/mol. The minimum atomic E-state index is -5.61. The van der Waals surface area contributed by atoms with Crippen LogP contribution in [-0.4, -0.2) is 6.18 Å². The summed E-state index contributed by atoms with van der Waals surface area (Å²) in [5.74, 6) is -4.88. The van der Waals surface area contributed by atoms with E-state index in [0.717, 1.165) is 12.1 Å². The van der Waals surface area contributed by atoms with Crippen LogP contribution >= 0.6 is 0 Å². The number of benzene rings is 1. The topological polar surface area (TPSA) is 26.0 Å². The van der Waals surface area contributed by atoms with E-state index in [4.69, 9.17) is 5.73 Å². The van der Waals surface area contributed by atoms with Crippen LogP contribution in [0.5, 0.6) is 0 Å². The molecule has 2 N–H and O–H groups in total. The van der Waals surface area contributed by atoms with Crippen molar-refractivity contribution >= 4 is 0 Å². The van der Waals surface area contributed by atoms with E-state index < -0.39 is 23.7 Å². The maximum absolute atomic E-state index is 13.1.